The first-order valence-electron chi connectivity index (χ1n) is 10.4. The van der Waals surface area contributed by atoms with Gasteiger partial charge in [0.25, 0.3) is 5.91 Å². The molecule has 2 atom stereocenters. The lowest BCUT2D eigenvalue weighted by Crippen LogP contribution is -2.43. The summed E-state index contributed by atoms with van der Waals surface area (Å²) in [6.07, 6.45) is 0. The molecule has 2 aromatic rings. The van der Waals surface area contributed by atoms with Gasteiger partial charge in [0, 0.05) is 17.0 Å². The van der Waals surface area contributed by atoms with Gasteiger partial charge in [-0.05, 0) is 57.0 Å². The van der Waals surface area contributed by atoms with Gasteiger partial charge in [0.15, 0.2) is 0 Å². The van der Waals surface area contributed by atoms with E-state index in [0.29, 0.717) is 10.5 Å². The minimum Gasteiger partial charge on any atom is -0.334 e. The smallest absolute Gasteiger partial charge is 0.255 e. The second-order valence-electron chi connectivity index (χ2n) is 9.29. The summed E-state index contributed by atoms with van der Waals surface area (Å²) in [6, 6.07) is 15.4. The monoisotopic (exact) mass is 429 g/mol. The largest absolute Gasteiger partial charge is 0.334 e. The Morgan fingerprint density at radius 3 is 1.90 bits per heavy atom. The van der Waals surface area contributed by atoms with Crippen molar-refractivity contribution in [2.24, 2.45) is 0 Å². The van der Waals surface area contributed by atoms with Crippen LogP contribution in [0.4, 0.5) is 0 Å². The van der Waals surface area contributed by atoms with Crippen LogP contribution in [0.15, 0.2) is 58.3 Å². The molecular weight excluding hydrogens is 394 g/mol. The standard InChI is InChI=1S/C24H35NO2SSi/c1-17(2)25(18(3)4)24(26)23-21(19(5)29(6,7)8)15-12-16-22(23)28(27)20-13-10-9-11-14-20/h9-19H,1-8H3/t19-,28?/m0/s1. The molecule has 0 aliphatic rings. The third kappa shape index (κ3) is 5.26. The van der Waals surface area contributed by atoms with Crippen molar-refractivity contribution in [3.63, 3.8) is 0 Å². The summed E-state index contributed by atoms with van der Waals surface area (Å²) in [5, 5.41) is 0. The van der Waals surface area contributed by atoms with Gasteiger partial charge in [-0.1, -0.05) is 56.9 Å². The average Bonchev–Trinajstić information content (AvgIpc) is 2.65. The van der Waals surface area contributed by atoms with Crippen LogP contribution in [0, 0.1) is 0 Å². The van der Waals surface area contributed by atoms with Gasteiger partial charge in [0.1, 0.15) is 0 Å². The van der Waals surface area contributed by atoms with Crippen LogP contribution in [0.25, 0.3) is 0 Å². The predicted molar refractivity (Wildman–Crippen MR) is 126 cm³/mol. The zero-order chi connectivity index (χ0) is 21.9. The van der Waals surface area contributed by atoms with E-state index in [1.54, 1.807) is 0 Å². The van der Waals surface area contributed by atoms with E-state index in [1.165, 1.54) is 0 Å². The molecule has 0 heterocycles. The molecule has 0 aliphatic carbocycles. The highest BCUT2D eigenvalue weighted by Gasteiger charge is 2.33. The highest BCUT2D eigenvalue weighted by atomic mass is 32.2. The first-order chi connectivity index (χ1) is 13.5. The zero-order valence-electron chi connectivity index (χ0n) is 19.0. The summed E-state index contributed by atoms with van der Waals surface area (Å²) >= 11 is 0. The maximum Gasteiger partial charge on any atom is 0.255 e. The summed E-state index contributed by atoms with van der Waals surface area (Å²) in [5.74, 6) is -0.0185. The molecule has 0 spiro atoms. The Kier molecular flexibility index (Phi) is 7.63. The second kappa shape index (κ2) is 9.39. The molecule has 0 aliphatic heterocycles. The maximum atomic E-state index is 13.8. The molecular formula is C24H35NO2SSi. The SMILES string of the molecule is CC(C)N(C(=O)c1c([C@H](C)[Si](C)(C)C)cccc1S(=O)c1ccccc1)C(C)C. The second-order valence-corrected chi connectivity index (χ2v) is 16.3. The molecule has 0 N–H and O–H groups in total. The van der Waals surface area contributed by atoms with Crippen LogP contribution in [-0.4, -0.2) is 35.2 Å². The molecule has 2 aromatic carbocycles. The van der Waals surface area contributed by atoms with Gasteiger partial charge in [0.2, 0.25) is 0 Å². The quantitative estimate of drug-likeness (QED) is 0.499. The van der Waals surface area contributed by atoms with E-state index in [0.717, 1.165) is 10.5 Å². The van der Waals surface area contributed by atoms with Gasteiger partial charge in [0.05, 0.1) is 29.3 Å². The molecule has 1 unspecified atom stereocenters. The first-order valence-corrected chi connectivity index (χ1v) is 15.1. The lowest BCUT2D eigenvalue weighted by molar-refractivity contribution is 0.0638. The molecule has 0 saturated heterocycles. The van der Waals surface area contributed by atoms with Crippen molar-refractivity contribution in [2.45, 2.75) is 81.7 Å². The molecule has 1 amide bonds. The first kappa shape index (κ1) is 23.6. The number of amides is 1. The van der Waals surface area contributed by atoms with E-state index >= 15 is 0 Å². The summed E-state index contributed by atoms with van der Waals surface area (Å²) in [7, 11) is -2.98. The Bertz CT molecular complexity index is 864. The summed E-state index contributed by atoms with van der Waals surface area (Å²) in [6.45, 7) is 17.3. The average molecular weight is 430 g/mol. The molecule has 2 rings (SSSR count). The minimum atomic E-state index is -1.57. The van der Waals surface area contributed by atoms with Crippen molar-refractivity contribution >= 4 is 24.8 Å². The molecule has 29 heavy (non-hydrogen) atoms. The van der Waals surface area contributed by atoms with Crippen LogP contribution < -0.4 is 0 Å². The van der Waals surface area contributed by atoms with Crippen molar-refractivity contribution in [2.75, 3.05) is 0 Å². The Morgan fingerprint density at radius 2 is 1.41 bits per heavy atom. The zero-order valence-corrected chi connectivity index (χ0v) is 20.8. The molecule has 0 saturated carbocycles. The summed E-state index contributed by atoms with van der Waals surface area (Å²) in [5.41, 5.74) is 1.93. The van der Waals surface area contributed by atoms with E-state index in [9.17, 15) is 9.00 Å². The van der Waals surface area contributed by atoms with Gasteiger partial charge < -0.3 is 4.90 Å². The van der Waals surface area contributed by atoms with Crippen molar-refractivity contribution < 1.29 is 9.00 Å². The van der Waals surface area contributed by atoms with E-state index in [4.69, 9.17) is 0 Å². The fraction of sp³-hybridized carbons (Fsp3) is 0.458. The van der Waals surface area contributed by atoms with Crippen molar-refractivity contribution in [3.05, 3.63) is 59.7 Å². The van der Waals surface area contributed by atoms with E-state index in [2.05, 4.69) is 32.6 Å². The number of carbonyl (C=O) groups is 1. The number of carbonyl (C=O) groups excluding carboxylic acids is 1. The molecule has 3 nitrogen and oxygen atoms in total. The lowest BCUT2D eigenvalue weighted by Gasteiger charge is -2.34. The van der Waals surface area contributed by atoms with Crippen molar-refractivity contribution in [1.82, 2.24) is 4.90 Å². The number of nitrogens with zero attached hydrogens (tertiary/aromatic N) is 1. The van der Waals surface area contributed by atoms with Gasteiger partial charge in [-0.15, -0.1) is 0 Å². The molecule has 158 valence electrons. The third-order valence-electron chi connectivity index (χ3n) is 5.54. The van der Waals surface area contributed by atoms with Crippen molar-refractivity contribution in [3.8, 4) is 0 Å². The topological polar surface area (TPSA) is 37.4 Å². The fourth-order valence-corrected chi connectivity index (χ4v) is 6.05. The van der Waals surface area contributed by atoms with Crippen LogP contribution >= 0.6 is 0 Å². The highest BCUT2D eigenvalue weighted by molar-refractivity contribution is 7.85. The van der Waals surface area contributed by atoms with Gasteiger partial charge in [-0.2, -0.15) is 0 Å². The van der Waals surface area contributed by atoms with Crippen LogP contribution in [0.1, 0.15) is 56.1 Å². The third-order valence-corrected chi connectivity index (χ3v) is 9.89. The van der Waals surface area contributed by atoms with Gasteiger partial charge in [-0.3, -0.25) is 4.79 Å². The van der Waals surface area contributed by atoms with Crippen molar-refractivity contribution in [1.29, 1.82) is 0 Å². The van der Waals surface area contributed by atoms with Crippen LogP contribution in [0.3, 0.4) is 0 Å². The molecule has 0 bridgehead atoms. The minimum absolute atomic E-state index is 0.0185. The van der Waals surface area contributed by atoms with Crippen LogP contribution in [0.2, 0.25) is 19.6 Å². The number of hydrogen-bond acceptors (Lipinski definition) is 2. The normalized spacial score (nSPS) is 14.1. The van der Waals surface area contributed by atoms with E-state index in [-0.39, 0.29) is 23.5 Å². The van der Waals surface area contributed by atoms with Gasteiger partial charge >= 0.3 is 0 Å². The Balaban J connectivity index is 2.75. The molecule has 0 aromatic heterocycles. The predicted octanol–water partition coefficient (Wildman–Crippen LogP) is 6.09. The van der Waals surface area contributed by atoms with E-state index < -0.39 is 18.9 Å². The van der Waals surface area contributed by atoms with E-state index in [1.807, 2.05) is 75.1 Å². The molecule has 0 radical (unpaired) electrons. The number of rotatable bonds is 7. The Hall–Kier alpha value is -1.72. The maximum absolute atomic E-state index is 13.8. The van der Waals surface area contributed by atoms with Crippen LogP contribution in [0.5, 0.6) is 0 Å². The Morgan fingerprint density at radius 1 is 0.862 bits per heavy atom. The Labute approximate surface area is 180 Å². The van der Waals surface area contributed by atoms with Gasteiger partial charge in [-0.25, -0.2) is 4.21 Å². The number of hydrogen-bond donors (Lipinski definition) is 0. The summed E-state index contributed by atoms with van der Waals surface area (Å²) in [4.78, 5) is 17.1. The number of benzene rings is 2. The highest BCUT2D eigenvalue weighted by Crippen LogP contribution is 2.34. The molecule has 5 heteroatoms. The molecule has 0 fully saturated rings. The van der Waals surface area contributed by atoms with Crippen LogP contribution in [-0.2, 0) is 10.8 Å². The lowest BCUT2D eigenvalue weighted by atomic mass is 10.0. The fourth-order valence-electron chi connectivity index (χ4n) is 3.62. The summed E-state index contributed by atoms with van der Waals surface area (Å²) < 4.78 is 13.5.